The van der Waals surface area contributed by atoms with Crippen LogP contribution in [0.25, 0.3) is 0 Å². The molecule has 4 nitrogen and oxygen atoms in total. The molecule has 0 unspecified atom stereocenters. The lowest BCUT2D eigenvalue weighted by molar-refractivity contribution is 0.102. The van der Waals surface area contributed by atoms with Gasteiger partial charge in [0.15, 0.2) is 5.13 Å². The van der Waals surface area contributed by atoms with E-state index in [2.05, 4.69) is 10.3 Å². The minimum Gasteiger partial charge on any atom is -0.399 e. The van der Waals surface area contributed by atoms with Crippen LogP contribution in [-0.4, -0.2) is 10.9 Å². The van der Waals surface area contributed by atoms with Crippen LogP contribution in [0, 0.1) is 5.82 Å². The number of amides is 1. The van der Waals surface area contributed by atoms with Crippen molar-refractivity contribution in [1.29, 1.82) is 0 Å². The van der Waals surface area contributed by atoms with Gasteiger partial charge in [-0.25, -0.2) is 9.37 Å². The smallest absolute Gasteiger partial charge is 0.257 e. The third kappa shape index (κ3) is 3.33. The number of rotatable bonds is 2. The van der Waals surface area contributed by atoms with E-state index in [1.165, 1.54) is 17.4 Å². The number of benzene rings is 1. The molecule has 2 rings (SSSR count). The number of thiazole rings is 1. The summed E-state index contributed by atoms with van der Waals surface area (Å²) in [7, 11) is 0. The molecule has 0 saturated carbocycles. The van der Waals surface area contributed by atoms with E-state index in [1.807, 2.05) is 26.2 Å². The van der Waals surface area contributed by atoms with Crippen molar-refractivity contribution in [3.63, 3.8) is 0 Å². The van der Waals surface area contributed by atoms with Crippen molar-refractivity contribution in [2.45, 2.75) is 26.2 Å². The number of hydrogen-bond donors (Lipinski definition) is 2. The van der Waals surface area contributed by atoms with Crippen LogP contribution in [0.3, 0.4) is 0 Å². The summed E-state index contributed by atoms with van der Waals surface area (Å²) in [4.78, 5) is 16.4. The number of nitrogens with one attached hydrogen (secondary N) is 1. The zero-order valence-corrected chi connectivity index (χ0v) is 12.3. The minimum atomic E-state index is -0.537. The largest absolute Gasteiger partial charge is 0.399 e. The van der Waals surface area contributed by atoms with Gasteiger partial charge in [-0.3, -0.25) is 10.1 Å². The lowest BCUT2D eigenvalue weighted by Gasteiger charge is -2.14. The van der Waals surface area contributed by atoms with Gasteiger partial charge in [0.1, 0.15) is 5.82 Å². The van der Waals surface area contributed by atoms with Gasteiger partial charge >= 0.3 is 0 Å². The standard InChI is InChI=1S/C14H16FN3OS/c1-14(2,3)11-7-20-13(17-11)18-12(19)8-4-9(15)6-10(16)5-8/h4-7H,16H2,1-3H3,(H,17,18,19). The zero-order valence-electron chi connectivity index (χ0n) is 11.5. The number of aromatic nitrogens is 1. The molecular weight excluding hydrogens is 277 g/mol. The average Bonchev–Trinajstić information content (AvgIpc) is 2.75. The lowest BCUT2D eigenvalue weighted by Crippen LogP contribution is -2.14. The topological polar surface area (TPSA) is 68.0 Å². The fourth-order valence-corrected chi connectivity index (χ4v) is 2.52. The number of nitrogens with zero attached hydrogens (tertiary/aromatic N) is 1. The molecule has 0 atom stereocenters. The molecule has 0 saturated heterocycles. The van der Waals surface area contributed by atoms with E-state index in [0.717, 1.165) is 17.8 Å². The fraction of sp³-hybridized carbons (Fsp3) is 0.286. The van der Waals surface area contributed by atoms with Gasteiger partial charge in [0.2, 0.25) is 0 Å². The van der Waals surface area contributed by atoms with Crippen molar-refractivity contribution in [3.05, 3.63) is 40.7 Å². The summed E-state index contributed by atoms with van der Waals surface area (Å²) in [5.74, 6) is -0.962. The van der Waals surface area contributed by atoms with Gasteiger partial charge in [0.05, 0.1) is 5.69 Å². The summed E-state index contributed by atoms with van der Waals surface area (Å²) in [5, 5.41) is 5.04. The highest BCUT2D eigenvalue weighted by molar-refractivity contribution is 7.14. The van der Waals surface area contributed by atoms with E-state index in [1.54, 1.807) is 0 Å². The maximum atomic E-state index is 13.2. The number of anilines is 2. The van der Waals surface area contributed by atoms with E-state index in [0.29, 0.717) is 5.13 Å². The number of hydrogen-bond acceptors (Lipinski definition) is 4. The third-order valence-electron chi connectivity index (χ3n) is 2.68. The quantitative estimate of drug-likeness (QED) is 0.834. The predicted octanol–water partition coefficient (Wildman–Crippen LogP) is 3.41. The number of halogens is 1. The van der Waals surface area contributed by atoms with Gasteiger partial charge in [0.25, 0.3) is 5.91 Å². The highest BCUT2D eigenvalue weighted by Crippen LogP contribution is 2.26. The molecule has 1 heterocycles. The van der Waals surface area contributed by atoms with Crippen molar-refractivity contribution < 1.29 is 9.18 Å². The number of carbonyl (C=O) groups excluding carboxylic acids is 1. The summed E-state index contributed by atoms with van der Waals surface area (Å²) in [5.41, 5.74) is 6.73. The fourth-order valence-electron chi connectivity index (χ4n) is 1.59. The second-order valence-electron chi connectivity index (χ2n) is 5.52. The first-order valence-corrected chi connectivity index (χ1v) is 6.97. The van der Waals surface area contributed by atoms with Crippen molar-refractivity contribution >= 4 is 28.1 Å². The van der Waals surface area contributed by atoms with Gasteiger partial charge in [-0.1, -0.05) is 20.8 Å². The van der Waals surface area contributed by atoms with E-state index < -0.39 is 11.7 Å². The first-order chi connectivity index (χ1) is 9.25. The summed E-state index contributed by atoms with van der Waals surface area (Å²) < 4.78 is 13.2. The van der Waals surface area contributed by atoms with Crippen LogP contribution in [-0.2, 0) is 5.41 Å². The highest BCUT2D eigenvalue weighted by Gasteiger charge is 2.18. The van der Waals surface area contributed by atoms with Crippen LogP contribution in [0.5, 0.6) is 0 Å². The Morgan fingerprint density at radius 3 is 2.60 bits per heavy atom. The second-order valence-corrected chi connectivity index (χ2v) is 6.37. The maximum absolute atomic E-state index is 13.2. The molecule has 0 aliphatic heterocycles. The maximum Gasteiger partial charge on any atom is 0.257 e. The summed E-state index contributed by atoms with van der Waals surface area (Å²) >= 11 is 1.34. The molecule has 6 heteroatoms. The Kier molecular flexibility index (Phi) is 3.76. The zero-order chi connectivity index (χ0) is 14.9. The average molecular weight is 293 g/mol. The van der Waals surface area contributed by atoms with Crippen LogP contribution >= 0.6 is 11.3 Å². The molecule has 1 aromatic heterocycles. The molecule has 20 heavy (non-hydrogen) atoms. The van der Waals surface area contributed by atoms with E-state index >= 15 is 0 Å². The third-order valence-corrected chi connectivity index (χ3v) is 3.43. The molecule has 0 bridgehead atoms. The monoisotopic (exact) mass is 293 g/mol. The van der Waals surface area contributed by atoms with Gasteiger partial charge in [-0.05, 0) is 18.2 Å². The van der Waals surface area contributed by atoms with Crippen LogP contribution in [0.15, 0.2) is 23.6 Å². The lowest BCUT2D eigenvalue weighted by atomic mass is 9.93. The van der Waals surface area contributed by atoms with E-state index in [9.17, 15) is 9.18 Å². The Morgan fingerprint density at radius 2 is 2.05 bits per heavy atom. The SMILES string of the molecule is CC(C)(C)c1csc(NC(=O)c2cc(N)cc(F)c2)n1. The Labute approximate surface area is 120 Å². The van der Waals surface area contributed by atoms with Crippen LogP contribution in [0.4, 0.5) is 15.2 Å². The predicted molar refractivity (Wildman–Crippen MR) is 79.6 cm³/mol. The molecule has 106 valence electrons. The molecule has 0 spiro atoms. The Hall–Kier alpha value is -1.95. The van der Waals surface area contributed by atoms with Crippen molar-refractivity contribution in [2.24, 2.45) is 0 Å². The number of nitrogen functional groups attached to an aromatic ring is 1. The molecule has 0 aliphatic carbocycles. The van der Waals surface area contributed by atoms with Gasteiger partial charge in [-0.2, -0.15) is 0 Å². The first kappa shape index (κ1) is 14.5. The molecule has 2 aromatic rings. The van der Waals surface area contributed by atoms with E-state index in [4.69, 9.17) is 5.73 Å². The van der Waals surface area contributed by atoms with Crippen molar-refractivity contribution in [3.8, 4) is 0 Å². The first-order valence-electron chi connectivity index (χ1n) is 6.09. The number of nitrogens with two attached hydrogens (primary N) is 1. The van der Waals surface area contributed by atoms with Gasteiger partial charge < -0.3 is 5.73 Å². The minimum absolute atomic E-state index is 0.0806. The Bertz CT molecular complexity index is 626. The normalized spacial score (nSPS) is 11.4. The van der Waals surface area contributed by atoms with Crippen molar-refractivity contribution in [1.82, 2.24) is 4.98 Å². The summed E-state index contributed by atoms with van der Waals surface area (Å²) in [6, 6.07) is 3.73. The number of carbonyl (C=O) groups is 1. The van der Waals surface area contributed by atoms with Crippen molar-refractivity contribution in [2.75, 3.05) is 11.1 Å². The molecule has 0 radical (unpaired) electrons. The second kappa shape index (κ2) is 5.20. The van der Waals surface area contributed by atoms with E-state index in [-0.39, 0.29) is 16.7 Å². The molecule has 1 aromatic carbocycles. The molecule has 0 aliphatic rings. The van der Waals surface area contributed by atoms with Crippen LogP contribution in [0.1, 0.15) is 36.8 Å². The summed E-state index contributed by atoms with van der Waals surface area (Å²) in [6.45, 7) is 6.13. The van der Waals surface area contributed by atoms with Gasteiger partial charge in [-0.15, -0.1) is 11.3 Å². The highest BCUT2D eigenvalue weighted by atomic mass is 32.1. The Morgan fingerprint density at radius 1 is 1.35 bits per heavy atom. The Balaban J connectivity index is 2.17. The van der Waals surface area contributed by atoms with Crippen LogP contribution < -0.4 is 11.1 Å². The molecule has 1 amide bonds. The van der Waals surface area contributed by atoms with Gasteiger partial charge in [0, 0.05) is 22.0 Å². The summed E-state index contributed by atoms with van der Waals surface area (Å²) in [6.07, 6.45) is 0. The molecular formula is C14H16FN3OS. The van der Waals surface area contributed by atoms with Crippen LogP contribution in [0.2, 0.25) is 0 Å². The molecule has 3 N–H and O–H groups in total. The molecule has 0 fully saturated rings.